The lowest BCUT2D eigenvalue weighted by Crippen LogP contribution is -2.50. The Labute approximate surface area is 144 Å². The molecule has 0 atom stereocenters. The summed E-state index contributed by atoms with van der Waals surface area (Å²) < 4.78 is 1.05. The van der Waals surface area contributed by atoms with Gasteiger partial charge >= 0.3 is 6.03 Å². The maximum absolute atomic E-state index is 12.4. The molecule has 0 spiro atoms. The van der Waals surface area contributed by atoms with Crippen molar-refractivity contribution in [1.29, 1.82) is 0 Å². The summed E-state index contributed by atoms with van der Waals surface area (Å²) >= 11 is 2.23. The Morgan fingerprint density at radius 1 is 0.909 bits per heavy atom. The van der Waals surface area contributed by atoms with Crippen LogP contribution in [-0.2, 0) is 0 Å². The van der Waals surface area contributed by atoms with Crippen molar-refractivity contribution >= 4 is 40.0 Å². The van der Waals surface area contributed by atoms with Crippen molar-refractivity contribution in [3.8, 4) is 0 Å². The van der Waals surface area contributed by atoms with Crippen LogP contribution in [0.15, 0.2) is 54.6 Å². The third kappa shape index (κ3) is 3.52. The summed E-state index contributed by atoms with van der Waals surface area (Å²) in [5.41, 5.74) is 2.10. The molecule has 2 aromatic rings. The molecule has 0 aromatic heterocycles. The van der Waals surface area contributed by atoms with Crippen LogP contribution >= 0.6 is 22.6 Å². The van der Waals surface area contributed by atoms with Crippen LogP contribution in [0, 0.1) is 3.57 Å². The average molecular weight is 407 g/mol. The molecular formula is C17H18IN3O. The SMILES string of the molecule is O=C(Nc1ccccc1I)N1CCN(c2ccccc2)CC1. The van der Waals surface area contributed by atoms with Gasteiger partial charge in [0.2, 0.25) is 0 Å². The fraction of sp³-hybridized carbons (Fsp3) is 0.235. The number of amides is 2. The normalized spacial score (nSPS) is 14.8. The van der Waals surface area contributed by atoms with E-state index in [9.17, 15) is 4.79 Å². The summed E-state index contributed by atoms with van der Waals surface area (Å²) in [6, 6.07) is 18.2. The van der Waals surface area contributed by atoms with E-state index < -0.39 is 0 Å². The lowest BCUT2D eigenvalue weighted by Gasteiger charge is -2.36. The number of anilines is 2. The Hall–Kier alpha value is -1.76. The predicted octanol–water partition coefficient (Wildman–Crippen LogP) is 3.65. The Morgan fingerprint density at radius 2 is 1.55 bits per heavy atom. The second kappa shape index (κ2) is 7.00. The van der Waals surface area contributed by atoms with E-state index in [1.54, 1.807) is 0 Å². The number of carbonyl (C=O) groups is 1. The van der Waals surface area contributed by atoms with Crippen LogP contribution < -0.4 is 10.2 Å². The topological polar surface area (TPSA) is 35.6 Å². The zero-order chi connectivity index (χ0) is 15.4. The molecule has 114 valence electrons. The van der Waals surface area contributed by atoms with Gasteiger partial charge in [0.1, 0.15) is 0 Å². The van der Waals surface area contributed by atoms with Crippen LogP contribution in [0.4, 0.5) is 16.2 Å². The molecule has 4 nitrogen and oxygen atoms in total. The average Bonchev–Trinajstić information content (AvgIpc) is 2.58. The molecule has 1 N–H and O–H groups in total. The molecule has 5 heteroatoms. The van der Waals surface area contributed by atoms with Gasteiger partial charge in [-0.3, -0.25) is 0 Å². The minimum Gasteiger partial charge on any atom is -0.368 e. The van der Waals surface area contributed by atoms with E-state index in [0.717, 1.165) is 35.4 Å². The molecule has 1 aliphatic heterocycles. The monoisotopic (exact) mass is 407 g/mol. The molecule has 1 saturated heterocycles. The standard InChI is InChI=1S/C17H18IN3O/c18-15-8-4-5-9-16(15)19-17(22)21-12-10-20(11-13-21)14-6-2-1-3-7-14/h1-9H,10-13H2,(H,19,22). The van der Waals surface area contributed by atoms with Gasteiger partial charge in [-0.1, -0.05) is 30.3 Å². The van der Waals surface area contributed by atoms with Gasteiger partial charge in [-0.25, -0.2) is 4.79 Å². The summed E-state index contributed by atoms with van der Waals surface area (Å²) in [6.45, 7) is 3.21. The molecule has 22 heavy (non-hydrogen) atoms. The highest BCUT2D eigenvalue weighted by atomic mass is 127. The van der Waals surface area contributed by atoms with Gasteiger partial charge in [0.15, 0.2) is 0 Å². The first-order chi connectivity index (χ1) is 10.7. The fourth-order valence-electron chi connectivity index (χ4n) is 2.56. The van der Waals surface area contributed by atoms with Crippen LogP contribution in [0.5, 0.6) is 0 Å². The quantitative estimate of drug-likeness (QED) is 0.772. The maximum Gasteiger partial charge on any atom is 0.321 e. The van der Waals surface area contributed by atoms with Crippen LogP contribution in [0.1, 0.15) is 0 Å². The van der Waals surface area contributed by atoms with Gasteiger partial charge in [0.25, 0.3) is 0 Å². The van der Waals surface area contributed by atoms with Crippen molar-refractivity contribution in [3.63, 3.8) is 0 Å². The number of rotatable bonds is 2. The molecule has 0 radical (unpaired) electrons. The van der Waals surface area contributed by atoms with E-state index in [0.29, 0.717) is 0 Å². The van der Waals surface area contributed by atoms with E-state index in [4.69, 9.17) is 0 Å². The summed E-state index contributed by atoms with van der Waals surface area (Å²) in [4.78, 5) is 16.5. The fourth-order valence-corrected chi connectivity index (χ4v) is 3.09. The molecule has 1 heterocycles. The Balaban J connectivity index is 1.57. The third-order valence-corrected chi connectivity index (χ3v) is 4.74. The van der Waals surface area contributed by atoms with Gasteiger partial charge in [0, 0.05) is 35.4 Å². The van der Waals surface area contributed by atoms with Gasteiger partial charge in [-0.05, 0) is 46.9 Å². The second-order valence-electron chi connectivity index (χ2n) is 5.22. The Bertz CT molecular complexity index is 639. The third-order valence-electron chi connectivity index (χ3n) is 3.80. The maximum atomic E-state index is 12.4. The minimum atomic E-state index is -0.0168. The molecule has 0 aliphatic carbocycles. The highest BCUT2D eigenvalue weighted by Crippen LogP contribution is 2.19. The molecule has 0 bridgehead atoms. The molecule has 2 aromatic carbocycles. The number of carbonyl (C=O) groups excluding carboxylic acids is 1. The Morgan fingerprint density at radius 3 is 2.23 bits per heavy atom. The highest BCUT2D eigenvalue weighted by Gasteiger charge is 2.21. The number of halogens is 1. The van der Waals surface area contributed by atoms with Crippen molar-refractivity contribution in [1.82, 2.24) is 4.90 Å². The zero-order valence-corrected chi connectivity index (χ0v) is 14.4. The number of hydrogen-bond donors (Lipinski definition) is 1. The molecule has 1 fully saturated rings. The summed E-state index contributed by atoms with van der Waals surface area (Å²) in [5.74, 6) is 0. The number of para-hydroxylation sites is 2. The van der Waals surface area contributed by atoms with E-state index in [-0.39, 0.29) is 6.03 Å². The Kier molecular flexibility index (Phi) is 4.82. The summed E-state index contributed by atoms with van der Waals surface area (Å²) in [7, 11) is 0. The first kappa shape index (κ1) is 15.1. The number of piperazine rings is 1. The van der Waals surface area contributed by atoms with E-state index in [2.05, 4.69) is 44.9 Å². The van der Waals surface area contributed by atoms with Crippen molar-refractivity contribution in [3.05, 3.63) is 58.2 Å². The van der Waals surface area contributed by atoms with E-state index in [1.807, 2.05) is 47.4 Å². The van der Waals surface area contributed by atoms with Gasteiger partial charge < -0.3 is 15.1 Å². The van der Waals surface area contributed by atoms with Gasteiger partial charge in [-0.15, -0.1) is 0 Å². The lowest BCUT2D eigenvalue weighted by molar-refractivity contribution is 0.208. The molecule has 1 aliphatic rings. The van der Waals surface area contributed by atoms with Crippen molar-refractivity contribution < 1.29 is 4.79 Å². The van der Waals surface area contributed by atoms with E-state index >= 15 is 0 Å². The first-order valence-electron chi connectivity index (χ1n) is 7.34. The lowest BCUT2D eigenvalue weighted by atomic mass is 10.2. The molecule has 0 saturated carbocycles. The number of nitrogens with zero attached hydrogens (tertiary/aromatic N) is 2. The van der Waals surface area contributed by atoms with Crippen molar-refractivity contribution in [2.24, 2.45) is 0 Å². The van der Waals surface area contributed by atoms with Crippen LogP contribution in [0.3, 0.4) is 0 Å². The highest BCUT2D eigenvalue weighted by molar-refractivity contribution is 14.1. The summed E-state index contributed by atoms with van der Waals surface area (Å²) in [5, 5.41) is 3.00. The largest absolute Gasteiger partial charge is 0.368 e. The number of benzene rings is 2. The smallest absolute Gasteiger partial charge is 0.321 e. The van der Waals surface area contributed by atoms with Gasteiger partial charge in [0.05, 0.1) is 5.69 Å². The van der Waals surface area contributed by atoms with Gasteiger partial charge in [-0.2, -0.15) is 0 Å². The van der Waals surface area contributed by atoms with E-state index in [1.165, 1.54) is 5.69 Å². The number of hydrogen-bond acceptors (Lipinski definition) is 2. The predicted molar refractivity (Wildman–Crippen MR) is 98.4 cm³/mol. The zero-order valence-electron chi connectivity index (χ0n) is 12.2. The molecule has 3 rings (SSSR count). The number of nitrogens with one attached hydrogen (secondary N) is 1. The molecular weight excluding hydrogens is 389 g/mol. The van der Waals surface area contributed by atoms with Crippen LogP contribution in [-0.4, -0.2) is 37.1 Å². The minimum absolute atomic E-state index is 0.0168. The van der Waals surface area contributed by atoms with Crippen LogP contribution in [0.25, 0.3) is 0 Å². The molecule has 0 unspecified atom stereocenters. The number of urea groups is 1. The van der Waals surface area contributed by atoms with Crippen molar-refractivity contribution in [2.75, 3.05) is 36.4 Å². The molecule has 2 amide bonds. The van der Waals surface area contributed by atoms with Crippen molar-refractivity contribution in [2.45, 2.75) is 0 Å². The summed E-state index contributed by atoms with van der Waals surface area (Å²) in [6.07, 6.45) is 0. The van der Waals surface area contributed by atoms with Crippen LogP contribution in [0.2, 0.25) is 0 Å². The first-order valence-corrected chi connectivity index (χ1v) is 8.42. The second-order valence-corrected chi connectivity index (χ2v) is 6.38.